The molecule has 0 radical (unpaired) electrons. The molecule has 37 heavy (non-hydrogen) atoms. The van der Waals surface area contributed by atoms with Crippen molar-refractivity contribution in [1.82, 2.24) is 14.8 Å². The van der Waals surface area contributed by atoms with Crippen LogP contribution >= 0.6 is 31.9 Å². The molecule has 0 atom stereocenters. The number of fused-ring (bicyclic) bond motifs is 1. The molecule has 0 spiro atoms. The molecular weight excluding hydrogens is 590 g/mol. The first-order valence-corrected chi connectivity index (χ1v) is 14.5. The van der Waals surface area contributed by atoms with Gasteiger partial charge in [-0.15, -0.1) is 0 Å². The average Bonchev–Trinajstić information content (AvgIpc) is 2.92. The molecule has 0 unspecified atom stereocenters. The van der Waals surface area contributed by atoms with Gasteiger partial charge in [0.25, 0.3) is 5.91 Å². The summed E-state index contributed by atoms with van der Waals surface area (Å²) in [6.07, 6.45) is 3.47. The van der Waals surface area contributed by atoms with Crippen LogP contribution in [0.2, 0.25) is 0 Å². The summed E-state index contributed by atoms with van der Waals surface area (Å²) in [5.74, 6) is 0.0772. The number of aromatic nitrogens is 1. The number of pyridine rings is 1. The summed E-state index contributed by atoms with van der Waals surface area (Å²) in [6, 6.07) is 25.0. The van der Waals surface area contributed by atoms with Crippen molar-refractivity contribution in [3.05, 3.63) is 98.4 Å². The lowest BCUT2D eigenvalue weighted by Gasteiger charge is -2.35. The largest absolute Gasteiger partial charge is 0.336 e. The number of hydrogen-bond donors (Lipinski definition) is 0. The third-order valence-electron chi connectivity index (χ3n) is 7.02. The number of carbonyl (C=O) groups excluding carboxylic acids is 1. The predicted molar refractivity (Wildman–Crippen MR) is 159 cm³/mol. The lowest BCUT2D eigenvalue weighted by molar-refractivity contribution is 0.0630. The SMILES string of the molecule is CCCCc1ccc(-c2cc(C(=O)N3CCN(Cc4cccc(Br)c4)CC3)c3cc(Br)ccc3n2)cc1. The van der Waals surface area contributed by atoms with Crippen LogP contribution in [-0.4, -0.2) is 46.9 Å². The molecular formula is C31H31Br2N3O. The molecule has 1 fully saturated rings. The molecule has 0 saturated carbocycles. The Morgan fingerprint density at radius 1 is 0.865 bits per heavy atom. The maximum absolute atomic E-state index is 13.8. The van der Waals surface area contributed by atoms with E-state index in [0.717, 1.165) is 62.7 Å². The number of unbranched alkanes of at least 4 members (excludes halogenated alkanes) is 1. The van der Waals surface area contributed by atoms with E-state index in [4.69, 9.17) is 4.98 Å². The van der Waals surface area contributed by atoms with Gasteiger partial charge in [-0.3, -0.25) is 9.69 Å². The summed E-state index contributed by atoms with van der Waals surface area (Å²) in [5.41, 5.74) is 6.06. The van der Waals surface area contributed by atoms with Gasteiger partial charge in [0.1, 0.15) is 0 Å². The zero-order chi connectivity index (χ0) is 25.8. The number of nitrogens with zero attached hydrogens (tertiary/aromatic N) is 3. The second kappa shape index (κ2) is 11.9. The molecule has 0 aliphatic carbocycles. The number of aryl methyl sites for hydroxylation is 1. The number of rotatable bonds is 7. The minimum atomic E-state index is 0.0772. The Morgan fingerprint density at radius 3 is 2.35 bits per heavy atom. The Morgan fingerprint density at radius 2 is 1.62 bits per heavy atom. The van der Waals surface area contributed by atoms with Crippen LogP contribution in [0.15, 0.2) is 81.7 Å². The Bertz CT molecular complexity index is 1400. The fraction of sp³-hybridized carbons (Fsp3) is 0.290. The van der Waals surface area contributed by atoms with Crippen LogP contribution in [0.4, 0.5) is 0 Å². The molecule has 5 rings (SSSR count). The van der Waals surface area contributed by atoms with E-state index in [1.54, 1.807) is 0 Å². The first kappa shape index (κ1) is 26.1. The van der Waals surface area contributed by atoms with Crippen LogP contribution in [-0.2, 0) is 13.0 Å². The maximum Gasteiger partial charge on any atom is 0.254 e. The van der Waals surface area contributed by atoms with Gasteiger partial charge in [0.2, 0.25) is 0 Å². The molecule has 1 aromatic heterocycles. The third-order valence-corrected chi connectivity index (χ3v) is 8.01. The van der Waals surface area contributed by atoms with Gasteiger partial charge >= 0.3 is 0 Å². The molecule has 0 bridgehead atoms. The van der Waals surface area contributed by atoms with Crippen molar-refractivity contribution in [2.75, 3.05) is 26.2 Å². The van der Waals surface area contributed by atoms with E-state index in [1.165, 1.54) is 24.0 Å². The van der Waals surface area contributed by atoms with Crippen molar-refractivity contribution in [3.63, 3.8) is 0 Å². The highest BCUT2D eigenvalue weighted by Crippen LogP contribution is 2.29. The van der Waals surface area contributed by atoms with E-state index in [2.05, 4.69) is 86.1 Å². The number of piperazine rings is 1. The van der Waals surface area contributed by atoms with Gasteiger partial charge in [-0.25, -0.2) is 4.98 Å². The molecule has 190 valence electrons. The lowest BCUT2D eigenvalue weighted by atomic mass is 10.0. The predicted octanol–water partition coefficient (Wildman–Crippen LogP) is 7.73. The average molecular weight is 621 g/mol. The fourth-order valence-corrected chi connectivity index (χ4v) is 5.73. The topological polar surface area (TPSA) is 36.4 Å². The van der Waals surface area contributed by atoms with Crippen molar-refractivity contribution in [1.29, 1.82) is 0 Å². The van der Waals surface area contributed by atoms with E-state index in [1.807, 2.05) is 35.2 Å². The summed E-state index contributed by atoms with van der Waals surface area (Å²) >= 11 is 7.15. The van der Waals surface area contributed by atoms with Gasteiger partial charge < -0.3 is 4.90 Å². The van der Waals surface area contributed by atoms with Crippen LogP contribution < -0.4 is 0 Å². The summed E-state index contributed by atoms with van der Waals surface area (Å²) in [5, 5.41) is 0.888. The second-order valence-electron chi connectivity index (χ2n) is 9.72. The third kappa shape index (κ3) is 6.31. The van der Waals surface area contributed by atoms with Crippen LogP contribution in [0, 0.1) is 0 Å². The van der Waals surface area contributed by atoms with Crippen LogP contribution in [0.1, 0.15) is 41.3 Å². The zero-order valence-electron chi connectivity index (χ0n) is 21.1. The van der Waals surface area contributed by atoms with E-state index in [-0.39, 0.29) is 5.91 Å². The smallest absolute Gasteiger partial charge is 0.254 e. The first-order valence-electron chi connectivity index (χ1n) is 13.0. The minimum absolute atomic E-state index is 0.0772. The lowest BCUT2D eigenvalue weighted by Crippen LogP contribution is -2.48. The van der Waals surface area contributed by atoms with E-state index in [9.17, 15) is 4.79 Å². The standard InChI is InChI=1S/C31H31Br2N3O/c1-2-3-5-22-8-10-24(11-9-22)30-20-28(27-19-26(33)12-13-29(27)34-30)31(37)36-16-14-35(15-17-36)21-23-6-4-7-25(32)18-23/h4,6-13,18-20H,2-3,5,14-17,21H2,1H3. The molecule has 1 amide bonds. The Kier molecular flexibility index (Phi) is 8.38. The number of halogens is 2. The molecule has 3 aromatic carbocycles. The molecule has 2 heterocycles. The Labute approximate surface area is 236 Å². The molecule has 1 aliphatic rings. The minimum Gasteiger partial charge on any atom is -0.336 e. The number of benzene rings is 3. The van der Waals surface area contributed by atoms with Crippen LogP contribution in [0.5, 0.6) is 0 Å². The molecule has 4 nitrogen and oxygen atoms in total. The van der Waals surface area contributed by atoms with Crippen molar-refractivity contribution in [2.24, 2.45) is 0 Å². The monoisotopic (exact) mass is 619 g/mol. The van der Waals surface area contributed by atoms with Gasteiger partial charge in [-0.1, -0.05) is 81.6 Å². The summed E-state index contributed by atoms with van der Waals surface area (Å²) in [6.45, 7) is 6.25. The molecule has 1 saturated heterocycles. The van der Waals surface area contributed by atoms with Crippen molar-refractivity contribution < 1.29 is 4.79 Å². The van der Waals surface area contributed by atoms with Gasteiger partial charge in [-0.2, -0.15) is 0 Å². The summed E-state index contributed by atoms with van der Waals surface area (Å²) in [4.78, 5) is 23.2. The van der Waals surface area contributed by atoms with Crippen LogP contribution in [0.25, 0.3) is 22.2 Å². The molecule has 4 aromatic rings. The van der Waals surface area contributed by atoms with E-state index >= 15 is 0 Å². The normalized spacial score (nSPS) is 14.3. The number of carbonyl (C=O) groups is 1. The summed E-state index contributed by atoms with van der Waals surface area (Å²) in [7, 11) is 0. The number of hydrogen-bond acceptors (Lipinski definition) is 3. The van der Waals surface area contributed by atoms with Crippen molar-refractivity contribution >= 4 is 48.7 Å². The van der Waals surface area contributed by atoms with Gasteiger partial charge in [0, 0.05) is 52.6 Å². The Balaban J connectivity index is 1.37. The van der Waals surface area contributed by atoms with Gasteiger partial charge in [-0.05, 0) is 60.4 Å². The first-order chi connectivity index (χ1) is 18.0. The van der Waals surface area contributed by atoms with Crippen molar-refractivity contribution in [3.8, 4) is 11.3 Å². The zero-order valence-corrected chi connectivity index (χ0v) is 24.3. The highest BCUT2D eigenvalue weighted by molar-refractivity contribution is 9.10. The molecule has 6 heteroatoms. The highest BCUT2D eigenvalue weighted by atomic mass is 79.9. The quantitative estimate of drug-likeness (QED) is 0.212. The van der Waals surface area contributed by atoms with Crippen LogP contribution in [0.3, 0.4) is 0 Å². The number of amides is 1. The maximum atomic E-state index is 13.8. The summed E-state index contributed by atoms with van der Waals surface area (Å²) < 4.78 is 2.05. The second-order valence-corrected chi connectivity index (χ2v) is 11.5. The Hall–Kier alpha value is -2.54. The van der Waals surface area contributed by atoms with Gasteiger partial charge in [0.05, 0.1) is 16.8 Å². The fourth-order valence-electron chi connectivity index (χ4n) is 4.92. The molecule has 1 aliphatic heterocycles. The van der Waals surface area contributed by atoms with Crippen molar-refractivity contribution in [2.45, 2.75) is 32.7 Å². The van der Waals surface area contributed by atoms with E-state index in [0.29, 0.717) is 13.1 Å². The molecule has 0 N–H and O–H groups in total. The highest BCUT2D eigenvalue weighted by Gasteiger charge is 2.24. The van der Waals surface area contributed by atoms with Gasteiger partial charge in [0.15, 0.2) is 0 Å². The van der Waals surface area contributed by atoms with E-state index < -0.39 is 0 Å².